The van der Waals surface area contributed by atoms with Crippen LogP contribution in [-0.4, -0.2) is 12.1 Å². The molecule has 4 nitrogen and oxygen atoms in total. The maximum atomic E-state index is 9.27. The van der Waals surface area contributed by atoms with E-state index in [4.69, 9.17) is 9.47 Å². The smallest absolute Gasteiger partial charge is 0.213 e. The lowest BCUT2D eigenvalue weighted by atomic mass is 10.0. The fourth-order valence-electron chi connectivity index (χ4n) is 2.34. The van der Waals surface area contributed by atoms with Crippen molar-refractivity contribution in [2.75, 3.05) is 7.11 Å². The van der Waals surface area contributed by atoms with Gasteiger partial charge in [0, 0.05) is 23.4 Å². The van der Waals surface area contributed by atoms with Gasteiger partial charge in [0.25, 0.3) is 0 Å². The second-order valence-electron chi connectivity index (χ2n) is 5.18. The van der Waals surface area contributed by atoms with Crippen LogP contribution in [0.25, 0.3) is 11.1 Å². The summed E-state index contributed by atoms with van der Waals surface area (Å²) in [5, 5.41) is 9.27. The summed E-state index contributed by atoms with van der Waals surface area (Å²) in [5.74, 6) is 1.25. The van der Waals surface area contributed by atoms with E-state index in [0.29, 0.717) is 23.8 Å². The van der Waals surface area contributed by atoms with E-state index in [1.165, 1.54) is 0 Å². The largest absolute Gasteiger partial charge is 0.497 e. The molecule has 0 saturated carbocycles. The van der Waals surface area contributed by atoms with Gasteiger partial charge in [0.05, 0.1) is 18.7 Å². The molecular formula is C20H16N2O2. The molecule has 0 aliphatic rings. The monoisotopic (exact) mass is 316 g/mol. The van der Waals surface area contributed by atoms with Crippen LogP contribution in [0.4, 0.5) is 0 Å². The highest BCUT2D eigenvalue weighted by atomic mass is 16.5. The fraction of sp³-hybridized carbons (Fsp3) is 0.100. The first-order valence-corrected chi connectivity index (χ1v) is 7.51. The minimum absolute atomic E-state index is 0.468. The van der Waals surface area contributed by atoms with Crippen LogP contribution in [-0.2, 0) is 6.61 Å². The van der Waals surface area contributed by atoms with Crippen molar-refractivity contribution in [1.29, 1.82) is 5.26 Å². The molecule has 0 N–H and O–H groups in total. The van der Waals surface area contributed by atoms with Gasteiger partial charge < -0.3 is 9.47 Å². The normalized spacial score (nSPS) is 10.0. The lowest BCUT2D eigenvalue weighted by Crippen LogP contribution is -1.97. The van der Waals surface area contributed by atoms with Crippen LogP contribution in [0, 0.1) is 11.3 Å². The molecule has 0 aliphatic heterocycles. The molecule has 0 fully saturated rings. The van der Waals surface area contributed by atoms with E-state index in [9.17, 15) is 5.26 Å². The standard InChI is InChI=1S/C20H16N2O2/c1-23-18-9-7-16(12-21)19(11-18)17-8-10-20(22-13-17)24-14-15-5-3-2-4-6-15/h2-11,13H,14H2,1H3. The summed E-state index contributed by atoms with van der Waals surface area (Å²) in [6.45, 7) is 0.468. The zero-order chi connectivity index (χ0) is 16.8. The fourth-order valence-corrected chi connectivity index (χ4v) is 2.34. The Bertz CT molecular complexity index is 853. The van der Waals surface area contributed by atoms with Crippen LogP contribution in [0.15, 0.2) is 66.9 Å². The van der Waals surface area contributed by atoms with Crippen molar-refractivity contribution in [2.24, 2.45) is 0 Å². The molecule has 118 valence electrons. The molecule has 0 aliphatic carbocycles. The van der Waals surface area contributed by atoms with E-state index in [1.807, 2.05) is 42.5 Å². The number of methoxy groups -OCH3 is 1. The third kappa shape index (κ3) is 3.53. The number of ether oxygens (including phenoxy) is 2. The molecule has 0 amide bonds. The average Bonchev–Trinajstić information content (AvgIpc) is 2.67. The number of hydrogen-bond acceptors (Lipinski definition) is 4. The van der Waals surface area contributed by atoms with E-state index in [2.05, 4.69) is 11.1 Å². The van der Waals surface area contributed by atoms with Gasteiger partial charge in [-0.1, -0.05) is 30.3 Å². The molecule has 1 aromatic heterocycles. The highest BCUT2D eigenvalue weighted by Crippen LogP contribution is 2.28. The molecular weight excluding hydrogens is 300 g/mol. The van der Waals surface area contributed by atoms with Crippen molar-refractivity contribution in [3.63, 3.8) is 0 Å². The van der Waals surface area contributed by atoms with E-state index < -0.39 is 0 Å². The minimum Gasteiger partial charge on any atom is -0.497 e. The van der Waals surface area contributed by atoms with Crippen LogP contribution in [0.3, 0.4) is 0 Å². The van der Waals surface area contributed by atoms with E-state index in [0.717, 1.165) is 16.7 Å². The Hall–Kier alpha value is -3.32. The van der Waals surface area contributed by atoms with Gasteiger partial charge in [-0.25, -0.2) is 4.98 Å². The van der Waals surface area contributed by atoms with Crippen molar-refractivity contribution in [2.45, 2.75) is 6.61 Å². The summed E-state index contributed by atoms with van der Waals surface area (Å²) in [7, 11) is 1.60. The van der Waals surface area contributed by atoms with Crippen molar-refractivity contribution < 1.29 is 9.47 Å². The average molecular weight is 316 g/mol. The SMILES string of the molecule is COc1ccc(C#N)c(-c2ccc(OCc3ccccc3)nc2)c1. The van der Waals surface area contributed by atoms with Gasteiger partial charge in [-0.05, 0) is 29.8 Å². The number of rotatable bonds is 5. The Kier molecular flexibility index (Phi) is 4.73. The Morgan fingerprint density at radius 3 is 2.54 bits per heavy atom. The summed E-state index contributed by atoms with van der Waals surface area (Å²) in [6.07, 6.45) is 1.70. The second-order valence-corrected chi connectivity index (χ2v) is 5.18. The molecule has 4 heteroatoms. The number of aromatic nitrogens is 1. The highest BCUT2D eigenvalue weighted by molar-refractivity contribution is 5.71. The molecule has 0 radical (unpaired) electrons. The molecule has 2 aromatic carbocycles. The summed E-state index contributed by atoms with van der Waals surface area (Å²) in [5.41, 5.74) is 3.30. The summed E-state index contributed by atoms with van der Waals surface area (Å²) < 4.78 is 10.9. The van der Waals surface area contributed by atoms with Crippen molar-refractivity contribution in [1.82, 2.24) is 4.98 Å². The molecule has 0 unspecified atom stereocenters. The van der Waals surface area contributed by atoms with Crippen LogP contribution in [0.2, 0.25) is 0 Å². The Morgan fingerprint density at radius 2 is 1.88 bits per heavy atom. The molecule has 0 spiro atoms. The van der Waals surface area contributed by atoms with E-state index >= 15 is 0 Å². The number of nitrogens with zero attached hydrogens (tertiary/aromatic N) is 2. The first kappa shape index (κ1) is 15.6. The Labute approximate surface area is 140 Å². The molecule has 1 heterocycles. The minimum atomic E-state index is 0.468. The van der Waals surface area contributed by atoms with Crippen molar-refractivity contribution >= 4 is 0 Å². The molecule has 24 heavy (non-hydrogen) atoms. The van der Waals surface area contributed by atoms with Crippen molar-refractivity contribution in [3.8, 4) is 28.8 Å². The van der Waals surface area contributed by atoms with Gasteiger partial charge in [-0.2, -0.15) is 5.26 Å². The lowest BCUT2D eigenvalue weighted by molar-refractivity contribution is 0.294. The zero-order valence-electron chi connectivity index (χ0n) is 13.3. The quantitative estimate of drug-likeness (QED) is 0.707. The highest BCUT2D eigenvalue weighted by Gasteiger charge is 2.08. The third-order valence-electron chi connectivity index (χ3n) is 3.62. The molecule has 0 saturated heterocycles. The van der Waals surface area contributed by atoms with E-state index in [-0.39, 0.29) is 0 Å². The van der Waals surface area contributed by atoms with Gasteiger partial charge in [0.1, 0.15) is 12.4 Å². The topological polar surface area (TPSA) is 55.1 Å². The van der Waals surface area contributed by atoms with Crippen molar-refractivity contribution in [3.05, 3.63) is 78.0 Å². The Balaban J connectivity index is 1.78. The number of hydrogen-bond donors (Lipinski definition) is 0. The Morgan fingerprint density at radius 1 is 1.04 bits per heavy atom. The van der Waals surface area contributed by atoms with Gasteiger partial charge >= 0.3 is 0 Å². The first-order valence-electron chi connectivity index (χ1n) is 7.51. The first-order chi connectivity index (χ1) is 11.8. The van der Waals surface area contributed by atoms with Gasteiger partial charge in [0.2, 0.25) is 5.88 Å². The van der Waals surface area contributed by atoms with Crippen LogP contribution in [0.5, 0.6) is 11.6 Å². The summed E-state index contributed by atoms with van der Waals surface area (Å²) in [6, 6.07) is 21.2. The van der Waals surface area contributed by atoms with Crippen LogP contribution in [0.1, 0.15) is 11.1 Å². The molecule has 0 bridgehead atoms. The van der Waals surface area contributed by atoms with Gasteiger partial charge in [-0.15, -0.1) is 0 Å². The summed E-state index contributed by atoms with van der Waals surface area (Å²) in [4.78, 5) is 4.33. The molecule has 0 atom stereocenters. The van der Waals surface area contributed by atoms with Gasteiger partial charge in [0.15, 0.2) is 0 Å². The maximum absolute atomic E-state index is 9.27. The summed E-state index contributed by atoms with van der Waals surface area (Å²) >= 11 is 0. The molecule has 3 rings (SSSR count). The van der Waals surface area contributed by atoms with Gasteiger partial charge in [-0.3, -0.25) is 0 Å². The number of benzene rings is 2. The lowest BCUT2D eigenvalue weighted by Gasteiger charge is -2.09. The molecule has 3 aromatic rings. The predicted molar refractivity (Wildman–Crippen MR) is 91.7 cm³/mol. The van der Waals surface area contributed by atoms with E-state index in [1.54, 1.807) is 31.5 Å². The predicted octanol–water partition coefficient (Wildman–Crippen LogP) is 4.21. The zero-order valence-corrected chi connectivity index (χ0v) is 13.3. The van der Waals surface area contributed by atoms with Crippen LogP contribution >= 0.6 is 0 Å². The van der Waals surface area contributed by atoms with Crippen LogP contribution < -0.4 is 9.47 Å². The maximum Gasteiger partial charge on any atom is 0.213 e. The number of pyridine rings is 1. The third-order valence-corrected chi connectivity index (χ3v) is 3.62. The number of nitriles is 1. The second kappa shape index (κ2) is 7.30.